The van der Waals surface area contributed by atoms with Gasteiger partial charge in [0.05, 0.1) is 10.5 Å². The summed E-state index contributed by atoms with van der Waals surface area (Å²) in [4.78, 5) is -0.163. The molecule has 1 unspecified atom stereocenters. The van der Waals surface area contributed by atoms with Crippen LogP contribution < -0.4 is 4.72 Å². The molecule has 0 radical (unpaired) electrons. The average molecular weight is 305 g/mol. The van der Waals surface area contributed by atoms with E-state index in [-0.39, 0.29) is 10.9 Å². The second-order valence-electron chi connectivity index (χ2n) is 4.61. The fraction of sp³-hybridized carbons (Fsp3) is 0.385. The van der Waals surface area contributed by atoms with Gasteiger partial charge in [0.15, 0.2) is 0 Å². The molecule has 0 aliphatic heterocycles. The fourth-order valence-corrected chi connectivity index (χ4v) is 3.23. The summed E-state index contributed by atoms with van der Waals surface area (Å²) in [5.41, 5.74) is -0.867. The van der Waals surface area contributed by atoms with E-state index < -0.39 is 21.8 Å². The van der Waals surface area contributed by atoms with E-state index in [0.29, 0.717) is 6.42 Å². The summed E-state index contributed by atoms with van der Waals surface area (Å²) in [6, 6.07) is 3.18. The van der Waals surface area contributed by atoms with E-state index >= 15 is 0 Å². The van der Waals surface area contributed by atoms with E-state index in [9.17, 15) is 21.6 Å². The molecule has 2 rings (SSSR count). The zero-order valence-corrected chi connectivity index (χ0v) is 11.3. The molecule has 3 nitrogen and oxygen atoms in total. The molecule has 1 aliphatic rings. The predicted molar refractivity (Wildman–Crippen MR) is 68.5 cm³/mol. The van der Waals surface area contributed by atoms with Crippen molar-refractivity contribution in [2.75, 3.05) is 0 Å². The minimum Gasteiger partial charge on any atom is -0.207 e. The maximum Gasteiger partial charge on any atom is 0.416 e. The van der Waals surface area contributed by atoms with Gasteiger partial charge in [-0.2, -0.15) is 13.2 Å². The predicted octanol–water partition coefficient (Wildman–Crippen LogP) is 3.09. The molecule has 0 saturated carbocycles. The lowest BCUT2D eigenvalue weighted by Crippen LogP contribution is -2.34. The molecule has 0 heterocycles. The van der Waals surface area contributed by atoms with Crippen LogP contribution in [0.2, 0.25) is 0 Å². The lowest BCUT2D eigenvalue weighted by atomic mass is 10.0. The second-order valence-corrected chi connectivity index (χ2v) is 6.32. The smallest absolute Gasteiger partial charge is 0.207 e. The van der Waals surface area contributed by atoms with Crippen molar-refractivity contribution in [3.63, 3.8) is 0 Å². The summed E-state index contributed by atoms with van der Waals surface area (Å²) >= 11 is 0. The van der Waals surface area contributed by atoms with Crippen LogP contribution in [0.3, 0.4) is 0 Å². The lowest BCUT2D eigenvalue weighted by molar-refractivity contribution is -0.137. The van der Waals surface area contributed by atoms with E-state index in [4.69, 9.17) is 0 Å². The van der Waals surface area contributed by atoms with Crippen molar-refractivity contribution in [1.82, 2.24) is 4.72 Å². The number of sulfonamides is 1. The fourth-order valence-electron chi connectivity index (χ4n) is 2.00. The SMILES string of the molecule is O=S(=O)(NC1C=CCCC1)c1ccc(C(F)(F)F)cc1. The maximum atomic E-state index is 12.4. The van der Waals surface area contributed by atoms with Gasteiger partial charge in [-0.15, -0.1) is 0 Å². The molecule has 7 heteroatoms. The van der Waals surface area contributed by atoms with Crippen LogP contribution in [0.5, 0.6) is 0 Å². The zero-order valence-electron chi connectivity index (χ0n) is 10.5. The van der Waals surface area contributed by atoms with Crippen LogP contribution in [0.15, 0.2) is 41.3 Å². The first kappa shape index (κ1) is 15.1. The van der Waals surface area contributed by atoms with Crippen molar-refractivity contribution in [2.24, 2.45) is 0 Å². The standard InChI is InChI=1S/C13H14F3NO2S/c14-13(15,16)10-6-8-12(9-7-10)20(18,19)17-11-4-2-1-3-5-11/h2,4,6-9,11,17H,1,3,5H2. The third kappa shape index (κ3) is 3.61. The largest absolute Gasteiger partial charge is 0.416 e. The van der Waals surface area contributed by atoms with E-state index in [2.05, 4.69) is 4.72 Å². The van der Waals surface area contributed by atoms with Gasteiger partial charge in [0.25, 0.3) is 0 Å². The molecule has 0 aromatic heterocycles. The average Bonchev–Trinajstić information content (AvgIpc) is 2.38. The van der Waals surface area contributed by atoms with Crippen LogP contribution in [0, 0.1) is 0 Å². The Morgan fingerprint density at radius 1 is 1.15 bits per heavy atom. The van der Waals surface area contributed by atoms with Crippen LogP contribution in [0.4, 0.5) is 13.2 Å². The molecule has 1 N–H and O–H groups in total. The van der Waals surface area contributed by atoms with Crippen molar-refractivity contribution in [3.05, 3.63) is 42.0 Å². The Kier molecular flexibility index (Phi) is 4.19. The Bertz CT molecular complexity index is 591. The number of hydrogen-bond donors (Lipinski definition) is 1. The summed E-state index contributed by atoms with van der Waals surface area (Å²) in [5, 5.41) is 0. The van der Waals surface area contributed by atoms with Crippen molar-refractivity contribution < 1.29 is 21.6 Å². The lowest BCUT2D eigenvalue weighted by Gasteiger charge is -2.18. The molecule has 20 heavy (non-hydrogen) atoms. The van der Waals surface area contributed by atoms with E-state index in [0.717, 1.165) is 37.1 Å². The molecule has 1 atom stereocenters. The van der Waals surface area contributed by atoms with E-state index in [1.165, 1.54) is 0 Å². The highest BCUT2D eigenvalue weighted by atomic mass is 32.2. The van der Waals surface area contributed by atoms with Crippen LogP contribution in [0.1, 0.15) is 24.8 Å². The maximum absolute atomic E-state index is 12.4. The van der Waals surface area contributed by atoms with Crippen molar-refractivity contribution in [2.45, 2.75) is 36.4 Å². The Morgan fingerprint density at radius 2 is 1.80 bits per heavy atom. The van der Waals surface area contributed by atoms with Gasteiger partial charge in [-0.1, -0.05) is 12.2 Å². The molecule has 1 aromatic carbocycles. The van der Waals surface area contributed by atoms with Gasteiger partial charge in [-0.05, 0) is 43.5 Å². The highest BCUT2D eigenvalue weighted by molar-refractivity contribution is 7.89. The number of rotatable bonds is 3. The molecule has 1 aliphatic carbocycles. The number of benzene rings is 1. The monoisotopic (exact) mass is 305 g/mol. The topological polar surface area (TPSA) is 46.2 Å². The van der Waals surface area contributed by atoms with Gasteiger partial charge in [-0.3, -0.25) is 0 Å². The normalized spacial score (nSPS) is 20.1. The van der Waals surface area contributed by atoms with Crippen LogP contribution in [0.25, 0.3) is 0 Å². The van der Waals surface area contributed by atoms with Gasteiger partial charge >= 0.3 is 6.18 Å². The summed E-state index contributed by atoms with van der Waals surface area (Å²) < 4.78 is 63.8. The summed E-state index contributed by atoms with van der Waals surface area (Å²) in [7, 11) is -3.79. The second kappa shape index (κ2) is 5.57. The summed E-state index contributed by atoms with van der Waals surface area (Å²) in [6.07, 6.45) is 1.68. The first-order chi connectivity index (χ1) is 9.29. The highest BCUT2D eigenvalue weighted by Gasteiger charge is 2.30. The van der Waals surface area contributed by atoms with Crippen LogP contribution in [-0.4, -0.2) is 14.5 Å². The van der Waals surface area contributed by atoms with Crippen LogP contribution in [-0.2, 0) is 16.2 Å². The zero-order chi connectivity index (χ0) is 14.8. The molecular weight excluding hydrogens is 291 g/mol. The number of allylic oxidation sites excluding steroid dienone is 1. The molecule has 0 bridgehead atoms. The first-order valence-electron chi connectivity index (χ1n) is 6.15. The van der Waals surface area contributed by atoms with E-state index in [1.54, 1.807) is 6.08 Å². The molecule has 0 fully saturated rings. The van der Waals surface area contributed by atoms with E-state index in [1.807, 2.05) is 6.08 Å². The third-order valence-electron chi connectivity index (χ3n) is 3.05. The van der Waals surface area contributed by atoms with Crippen molar-refractivity contribution in [3.8, 4) is 0 Å². The number of halogens is 3. The Hall–Kier alpha value is -1.34. The van der Waals surface area contributed by atoms with Crippen molar-refractivity contribution >= 4 is 10.0 Å². The third-order valence-corrected chi connectivity index (χ3v) is 4.56. The molecular formula is C13H14F3NO2S. The minimum absolute atomic E-state index is 0.163. The Labute approximate surface area is 115 Å². The van der Waals surface area contributed by atoms with Crippen molar-refractivity contribution in [1.29, 1.82) is 0 Å². The summed E-state index contributed by atoms with van der Waals surface area (Å²) in [6.45, 7) is 0. The first-order valence-corrected chi connectivity index (χ1v) is 7.63. The molecule has 0 spiro atoms. The minimum atomic E-state index is -4.47. The van der Waals surface area contributed by atoms with Gasteiger partial charge in [-0.25, -0.2) is 13.1 Å². The van der Waals surface area contributed by atoms with Gasteiger partial charge in [0.1, 0.15) is 0 Å². The van der Waals surface area contributed by atoms with Crippen LogP contribution >= 0.6 is 0 Å². The number of hydrogen-bond acceptors (Lipinski definition) is 2. The Balaban J connectivity index is 2.17. The summed E-state index contributed by atoms with van der Waals surface area (Å²) in [5.74, 6) is 0. The van der Waals surface area contributed by atoms with Gasteiger partial charge < -0.3 is 0 Å². The highest BCUT2D eigenvalue weighted by Crippen LogP contribution is 2.29. The Morgan fingerprint density at radius 3 is 2.30 bits per heavy atom. The number of alkyl halides is 3. The van der Waals surface area contributed by atoms with Gasteiger partial charge in [0, 0.05) is 6.04 Å². The molecule has 1 aromatic rings. The molecule has 110 valence electrons. The molecule has 0 saturated heterocycles. The number of nitrogens with one attached hydrogen (secondary N) is 1. The molecule has 0 amide bonds. The van der Waals surface area contributed by atoms with Gasteiger partial charge in [0.2, 0.25) is 10.0 Å². The quantitative estimate of drug-likeness (QED) is 0.872.